The molecule has 0 aliphatic rings. The molecule has 20 heavy (non-hydrogen) atoms. The van der Waals surface area contributed by atoms with E-state index in [-0.39, 0.29) is 11.8 Å². The van der Waals surface area contributed by atoms with E-state index in [1.54, 1.807) is 11.3 Å². The highest BCUT2D eigenvalue weighted by Crippen LogP contribution is 2.21. The van der Waals surface area contributed by atoms with Gasteiger partial charge in [0.2, 0.25) is 5.91 Å². The van der Waals surface area contributed by atoms with Crippen LogP contribution in [0.15, 0.2) is 30.3 Å². The number of anilines is 1. The van der Waals surface area contributed by atoms with Crippen molar-refractivity contribution in [2.45, 2.75) is 33.2 Å². The molecule has 0 aliphatic heterocycles. The van der Waals surface area contributed by atoms with Crippen molar-refractivity contribution in [3.8, 4) is 0 Å². The number of nitrogens with two attached hydrogens (primary N) is 1. The Kier molecular flexibility index (Phi) is 4.45. The lowest BCUT2D eigenvalue weighted by Crippen LogP contribution is -2.27. The average molecular weight is 288 g/mol. The number of amides is 1. The fraction of sp³-hybridized carbons (Fsp3) is 0.312. The average Bonchev–Trinajstić information content (AvgIpc) is 2.74. The smallest absolute Gasteiger partial charge is 0.227 e. The molecule has 0 spiro atoms. The summed E-state index contributed by atoms with van der Waals surface area (Å²) in [6.07, 6.45) is 0. The molecular weight excluding hydrogens is 268 g/mol. The molecule has 0 aliphatic carbocycles. The first-order valence-corrected chi connectivity index (χ1v) is 7.48. The highest BCUT2D eigenvalue weighted by atomic mass is 32.1. The van der Waals surface area contributed by atoms with Crippen LogP contribution in [0.3, 0.4) is 0 Å². The predicted molar refractivity (Wildman–Crippen MR) is 84.9 cm³/mol. The zero-order valence-corrected chi connectivity index (χ0v) is 12.9. The maximum atomic E-state index is 12.2. The van der Waals surface area contributed by atoms with Crippen molar-refractivity contribution in [1.29, 1.82) is 0 Å². The molecule has 1 aromatic heterocycles. The quantitative estimate of drug-likeness (QED) is 0.848. The van der Waals surface area contributed by atoms with E-state index in [1.807, 2.05) is 31.2 Å². The minimum Gasteiger partial charge on any atom is -0.399 e. The Morgan fingerprint density at radius 2 is 2.10 bits per heavy atom. The number of benzene rings is 1. The van der Waals surface area contributed by atoms with Gasteiger partial charge in [-0.1, -0.05) is 12.1 Å². The molecule has 1 aromatic carbocycles. The lowest BCUT2D eigenvalue weighted by atomic mass is 10.00. The molecule has 0 bridgehead atoms. The number of carbonyl (C=O) groups is 1. The van der Waals surface area contributed by atoms with Gasteiger partial charge in [-0.3, -0.25) is 4.79 Å². The molecule has 1 atom stereocenters. The van der Waals surface area contributed by atoms with Gasteiger partial charge in [-0.25, -0.2) is 0 Å². The Hall–Kier alpha value is -1.81. The summed E-state index contributed by atoms with van der Waals surface area (Å²) in [5.74, 6) is -0.167. The summed E-state index contributed by atoms with van der Waals surface area (Å²) < 4.78 is 0. The van der Waals surface area contributed by atoms with Crippen molar-refractivity contribution >= 4 is 22.9 Å². The van der Waals surface area contributed by atoms with E-state index >= 15 is 0 Å². The summed E-state index contributed by atoms with van der Waals surface area (Å²) in [5.41, 5.74) is 8.66. The molecule has 1 heterocycles. The van der Waals surface area contributed by atoms with E-state index in [4.69, 9.17) is 5.73 Å². The molecule has 0 saturated heterocycles. The van der Waals surface area contributed by atoms with Gasteiger partial charge in [0, 0.05) is 15.4 Å². The van der Waals surface area contributed by atoms with Crippen molar-refractivity contribution in [3.63, 3.8) is 0 Å². The van der Waals surface area contributed by atoms with Crippen LogP contribution in [0.2, 0.25) is 0 Å². The molecule has 3 N–H and O–H groups in total. The molecule has 1 amide bonds. The molecule has 0 saturated carbocycles. The maximum absolute atomic E-state index is 12.2. The van der Waals surface area contributed by atoms with Crippen molar-refractivity contribution in [2.75, 3.05) is 5.73 Å². The van der Waals surface area contributed by atoms with E-state index in [0.717, 1.165) is 5.56 Å². The van der Waals surface area contributed by atoms with Gasteiger partial charge < -0.3 is 11.1 Å². The molecular formula is C16H20N2OS. The van der Waals surface area contributed by atoms with Gasteiger partial charge in [0.15, 0.2) is 0 Å². The topological polar surface area (TPSA) is 55.1 Å². The second-order valence-corrected chi connectivity index (χ2v) is 6.40. The van der Waals surface area contributed by atoms with Crippen LogP contribution in [0.4, 0.5) is 5.69 Å². The fourth-order valence-corrected chi connectivity index (χ4v) is 3.04. The van der Waals surface area contributed by atoms with Gasteiger partial charge in [-0.05, 0) is 50.1 Å². The Morgan fingerprint density at radius 3 is 2.70 bits per heavy atom. The molecule has 4 heteroatoms. The van der Waals surface area contributed by atoms with Gasteiger partial charge in [0.25, 0.3) is 0 Å². The van der Waals surface area contributed by atoms with Gasteiger partial charge in [-0.2, -0.15) is 0 Å². The third kappa shape index (κ3) is 3.39. The van der Waals surface area contributed by atoms with E-state index in [9.17, 15) is 4.79 Å². The maximum Gasteiger partial charge on any atom is 0.227 e. The van der Waals surface area contributed by atoms with Crippen molar-refractivity contribution in [1.82, 2.24) is 5.32 Å². The summed E-state index contributed by atoms with van der Waals surface area (Å²) in [4.78, 5) is 14.7. The van der Waals surface area contributed by atoms with Crippen LogP contribution in [0.5, 0.6) is 0 Å². The zero-order valence-electron chi connectivity index (χ0n) is 12.1. The first-order valence-electron chi connectivity index (χ1n) is 6.66. The third-order valence-electron chi connectivity index (χ3n) is 3.46. The van der Waals surface area contributed by atoms with Crippen LogP contribution in [0.1, 0.15) is 33.7 Å². The zero-order chi connectivity index (χ0) is 14.7. The van der Waals surface area contributed by atoms with Crippen LogP contribution < -0.4 is 11.1 Å². The first kappa shape index (κ1) is 14.6. The predicted octanol–water partition coefficient (Wildman–Crippen LogP) is 3.37. The SMILES string of the molecule is Cc1cc(CNC(=O)C(C)c2cccc(N)c2)sc1C. The summed E-state index contributed by atoms with van der Waals surface area (Å²) in [6, 6.07) is 9.61. The van der Waals surface area contributed by atoms with Gasteiger partial charge in [-0.15, -0.1) is 11.3 Å². The number of aryl methyl sites for hydroxylation is 2. The molecule has 0 radical (unpaired) electrons. The monoisotopic (exact) mass is 288 g/mol. The van der Waals surface area contributed by atoms with E-state index < -0.39 is 0 Å². The number of nitrogen functional groups attached to an aromatic ring is 1. The molecule has 3 nitrogen and oxygen atoms in total. The number of nitrogens with one attached hydrogen (secondary N) is 1. The Balaban J connectivity index is 1.98. The van der Waals surface area contributed by atoms with Crippen LogP contribution in [0, 0.1) is 13.8 Å². The number of carbonyl (C=O) groups excluding carboxylic acids is 1. The summed E-state index contributed by atoms with van der Waals surface area (Å²) >= 11 is 1.73. The molecule has 1 unspecified atom stereocenters. The standard InChI is InChI=1S/C16H20N2OS/c1-10-7-15(20-12(10)3)9-18-16(19)11(2)13-5-4-6-14(17)8-13/h4-8,11H,9,17H2,1-3H3,(H,18,19). The molecule has 0 fully saturated rings. The molecule has 2 aromatic rings. The molecule has 106 valence electrons. The summed E-state index contributed by atoms with van der Waals surface area (Å²) in [6.45, 7) is 6.67. The van der Waals surface area contributed by atoms with E-state index in [2.05, 4.69) is 25.2 Å². The highest BCUT2D eigenvalue weighted by Gasteiger charge is 2.15. The largest absolute Gasteiger partial charge is 0.399 e. The van der Waals surface area contributed by atoms with Crippen LogP contribution in [-0.2, 0) is 11.3 Å². The van der Waals surface area contributed by atoms with Gasteiger partial charge in [0.1, 0.15) is 0 Å². The van der Waals surface area contributed by atoms with E-state index in [1.165, 1.54) is 15.3 Å². The second-order valence-electron chi connectivity index (χ2n) is 5.06. The number of hydrogen-bond acceptors (Lipinski definition) is 3. The molecule has 2 rings (SSSR count). The minimum absolute atomic E-state index is 0.0271. The van der Waals surface area contributed by atoms with Crippen molar-refractivity contribution < 1.29 is 4.79 Å². The van der Waals surface area contributed by atoms with Crippen LogP contribution in [0.25, 0.3) is 0 Å². The lowest BCUT2D eigenvalue weighted by molar-refractivity contribution is -0.122. The number of thiophene rings is 1. The fourth-order valence-electron chi connectivity index (χ4n) is 2.04. The third-order valence-corrected chi connectivity index (χ3v) is 4.61. The van der Waals surface area contributed by atoms with Crippen molar-refractivity contribution in [2.24, 2.45) is 0 Å². The second kappa shape index (κ2) is 6.09. The van der Waals surface area contributed by atoms with Crippen LogP contribution in [-0.4, -0.2) is 5.91 Å². The first-order chi connectivity index (χ1) is 9.47. The summed E-state index contributed by atoms with van der Waals surface area (Å²) in [7, 11) is 0. The Labute approximate surface area is 123 Å². The summed E-state index contributed by atoms with van der Waals surface area (Å²) in [5, 5.41) is 2.99. The minimum atomic E-state index is -0.194. The van der Waals surface area contributed by atoms with Crippen molar-refractivity contribution in [3.05, 3.63) is 51.2 Å². The number of rotatable bonds is 4. The normalized spacial score (nSPS) is 12.2. The highest BCUT2D eigenvalue weighted by molar-refractivity contribution is 7.12. The van der Waals surface area contributed by atoms with Crippen LogP contribution >= 0.6 is 11.3 Å². The van der Waals surface area contributed by atoms with Gasteiger partial charge >= 0.3 is 0 Å². The Morgan fingerprint density at radius 1 is 1.35 bits per heavy atom. The Bertz CT molecular complexity index is 599. The van der Waals surface area contributed by atoms with E-state index in [0.29, 0.717) is 12.2 Å². The lowest BCUT2D eigenvalue weighted by Gasteiger charge is -2.12. The van der Waals surface area contributed by atoms with Gasteiger partial charge in [0.05, 0.1) is 12.5 Å². The number of hydrogen-bond donors (Lipinski definition) is 2.